The predicted octanol–water partition coefficient (Wildman–Crippen LogP) is 2.90. The van der Waals surface area contributed by atoms with Crippen molar-refractivity contribution in [2.75, 3.05) is 23.7 Å². The van der Waals surface area contributed by atoms with Crippen molar-refractivity contribution in [3.8, 4) is 0 Å². The number of anilines is 1. The fourth-order valence-electron chi connectivity index (χ4n) is 2.07. The molecule has 0 radical (unpaired) electrons. The number of aryl methyl sites for hydroxylation is 1. The van der Waals surface area contributed by atoms with Crippen LogP contribution in [0.1, 0.15) is 15.2 Å². The number of ketones is 1. The van der Waals surface area contributed by atoms with E-state index in [0.29, 0.717) is 20.5 Å². The van der Waals surface area contributed by atoms with Crippen LogP contribution in [0.15, 0.2) is 36.4 Å². The number of sulfonamides is 1. The molecule has 0 aliphatic rings. The SMILES string of the molecule is Cc1ccccc1N(CC(=O)OCC(=O)c1ccc(Cl)s1)S(C)(=O)=O. The first-order valence-electron chi connectivity index (χ1n) is 7.16. The number of ether oxygens (including phenoxy) is 1. The first-order chi connectivity index (χ1) is 11.7. The number of carbonyl (C=O) groups excluding carboxylic acids is 2. The maximum atomic E-state index is 12.0. The van der Waals surface area contributed by atoms with Gasteiger partial charge in [0, 0.05) is 0 Å². The Bertz CT molecular complexity index is 891. The summed E-state index contributed by atoms with van der Waals surface area (Å²) in [6.07, 6.45) is 1.01. The molecule has 0 saturated carbocycles. The largest absolute Gasteiger partial charge is 0.456 e. The molecule has 6 nitrogen and oxygen atoms in total. The molecule has 2 rings (SSSR count). The van der Waals surface area contributed by atoms with Crippen molar-refractivity contribution in [1.29, 1.82) is 0 Å². The third-order valence-corrected chi connectivity index (χ3v) is 5.67. The summed E-state index contributed by atoms with van der Waals surface area (Å²) in [7, 11) is -3.69. The second-order valence-electron chi connectivity index (χ2n) is 5.24. The smallest absolute Gasteiger partial charge is 0.327 e. The average molecular weight is 402 g/mol. The van der Waals surface area contributed by atoms with Gasteiger partial charge in [-0.15, -0.1) is 11.3 Å². The van der Waals surface area contributed by atoms with Crippen LogP contribution in [0.25, 0.3) is 0 Å². The van der Waals surface area contributed by atoms with Crippen molar-refractivity contribution >= 4 is 50.4 Å². The van der Waals surface area contributed by atoms with Crippen molar-refractivity contribution in [3.63, 3.8) is 0 Å². The lowest BCUT2D eigenvalue weighted by Gasteiger charge is -2.23. The maximum Gasteiger partial charge on any atom is 0.327 e. The molecular weight excluding hydrogens is 386 g/mol. The molecule has 0 bridgehead atoms. The first-order valence-corrected chi connectivity index (χ1v) is 10.2. The van der Waals surface area contributed by atoms with Crippen LogP contribution in [-0.4, -0.2) is 39.6 Å². The molecule has 1 aromatic carbocycles. The van der Waals surface area contributed by atoms with Gasteiger partial charge >= 0.3 is 5.97 Å². The minimum absolute atomic E-state index is 0.372. The van der Waals surface area contributed by atoms with Crippen molar-refractivity contribution in [2.24, 2.45) is 0 Å². The van der Waals surface area contributed by atoms with Gasteiger partial charge in [0.2, 0.25) is 15.8 Å². The van der Waals surface area contributed by atoms with Gasteiger partial charge in [-0.05, 0) is 30.7 Å². The van der Waals surface area contributed by atoms with E-state index in [2.05, 4.69) is 0 Å². The van der Waals surface area contributed by atoms with Crippen LogP contribution in [0, 0.1) is 6.92 Å². The summed E-state index contributed by atoms with van der Waals surface area (Å²) in [5.41, 5.74) is 1.09. The summed E-state index contributed by atoms with van der Waals surface area (Å²) in [5.74, 6) is -1.21. The fourth-order valence-corrected chi connectivity index (χ4v) is 3.94. The van der Waals surface area contributed by atoms with Crippen molar-refractivity contribution in [2.45, 2.75) is 6.92 Å². The van der Waals surface area contributed by atoms with E-state index < -0.39 is 34.9 Å². The highest BCUT2D eigenvalue weighted by molar-refractivity contribution is 7.92. The van der Waals surface area contributed by atoms with Crippen molar-refractivity contribution in [3.05, 3.63) is 51.2 Å². The number of benzene rings is 1. The van der Waals surface area contributed by atoms with E-state index in [9.17, 15) is 18.0 Å². The second kappa shape index (κ2) is 7.99. The number of halogens is 1. The molecule has 1 heterocycles. The van der Waals surface area contributed by atoms with Gasteiger partial charge in [0.05, 0.1) is 21.2 Å². The van der Waals surface area contributed by atoms with Gasteiger partial charge in [0.15, 0.2) is 6.61 Å². The minimum atomic E-state index is -3.69. The van der Waals surface area contributed by atoms with Crippen LogP contribution in [0.4, 0.5) is 5.69 Å². The third-order valence-electron chi connectivity index (χ3n) is 3.27. The number of carbonyl (C=O) groups is 2. The van der Waals surface area contributed by atoms with Crippen LogP contribution in [0.3, 0.4) is 0 Å². The number of para-hydroxylation sites is 1. The summed E-state index contributed by atoms with van der Waals surface area (Å²) >= 11 is 6.84. The summed E-state index contributed by atoms with van der Waals surface area (Å²) in [6.45, 7) is 0.756. The van der Waals surface area contributed by atoms with Gasteiger partial charge in [-0.2, -0.15) is 0 Å². The third kappa shape index (κ3) is 5.29. The van der Waals surface area contributed by atoms with Gasteiger partial charge in [0.1, 0.15) is 6.54 Å². The Morgan fingerprint density at radius 3 is 2.44 bits per heavy atom. The molecule has 0 unspecified atom stereocenters. The van der Waals surface area contributed by atoms with Crippen LogP contribution in [-0.2, 0) is 19.6 Å². The van der Waals surface area contributed by atoms with Gasteiger partial charge in [0.25, 0.3) is 0 Å². The van der Waals surface area contributed by atoms with E-state index in [4.69, 9.17) is 16.3 Å². The Balaban J connectivity index is 2.05. The highest BCUT2D eigenvalue weighted by Gasteiger charge is 2.23. The molecule has 0 N–H and O–H groups in total. The van der Waals surface area contributed by atoms with E-state index in [1.54, 1.807) is 43.3 Å². The quantitative estimate of drug-likeness (QED) is 0.526. The van der Waals surface area contributed by atoms with E-state index in [-0.39, 0.29) is 0 Å². The number of Topliss-reactive ketones (excluding diaryl/α,β-unsaturated/α-hetero) is 1. The number of hydrogen-bond donors (Lipinski definition) is 0. The molecule has 0 fully saturated rings. The van der Waals surface area contributed by atoms with Crippen LogP contribution < -0.4 is 4.31 Å². The van der Waals surface area contributed by atoms with Crippen LogP contribution >= 0.6 is 22.9 Å². The molecule has 134 valence electrons. The highest BCUT2D eigenvalue weighted by Crippen LogP contribution is 2.23. The first kappa shape index (κ1) is 19.4. The van der Waals surface area contributed by atoms with Gasteiger partial charge < -0.3 is 4.74 Å². The zero-order valence-electron chi connectivity index (χ0n) is 13.6. The topological polar surface area (TPSA) is 80.8 Å². The lowest BCUT2D eigenvalue weighted by molar-refractivity contribution is -0.140. The maximum absolute atomic E-state index is 12.0. The average Bonchev–Trinajstić information content (AvgIpc) is 2.97. The molecule has 0 aliphatic heterocycles. The normalized spacial score (nSPS) is 11.2. The Morgan fingerprint density at radius 2 is 1.88 bits per heavy atom. The fraction of sp³-hybridized carbons (Fsp3) is 0.250. The zero-order valence-corrected chi connectivity index (χ0v) is 16.0. The molecule has 0 saturated heterocycles. The molecule has 1 aromatic heterocycles. The minimum Gasteiger partial charge on any atom is -0.456 e. The van der Waals surface area contributed by atoms with E-state index in [1.807, 2.05) is 0 Å². The molecule has 0 spiro atoms. The Morgan fingerprint density at radius 1 is 1.20 bits per heavy atom. The monoisotopic (exact) mass is 401 g/mol. The van der Waals surface area contributed by atoms with E-state index in [1.165, 1.54) is 0 Å². The standard InChI is InChI=1S/C16H16ClNO5S2/c1-11-5-3-4-6-12(11)18(25(2,21)22)9-16(20)23-10-13(19)14-7-8-15(17)24-14/h3-8H,9-10H2,1-2H3. The van der Waals surface area contributed by atoms with Crippen LogP contribution in [0.2, 0.25) is 4.34 Å². The molecular formula is C16H16ClNO5S2. The zero-order chi connectivity index (χ0) is 18.6. The Labute approximate surface area is 155 Å². The number of thiophene rings is 1. The van der Waals surface area contributed by atoms with Crippen molar-refractivity contribution < 1.29 is 22.7 Å². The summed E-state index contributed by atoms with van der Waals surface area (Å²) < 4.78 is 30.4. The Kier molecular flexibility index (Phi) is 6.21. The van der Waals surface area contributed by atoms with Crippen molar-refractivity contribution in [1.82, 2.24) is 0 Å². The molecule has 25 heavy (non-hydrogen) atoms. The van der Waals surface area contributed by atoms with Gasteiger partial charge in [-0.25, -0.2) is 8.42 Å². The number of hydrogen-bond acceptors (Lipinski definition) is 6. The Hall–Kier alpha value is -1.90. The number of rotatable bonds is 7. The van der Waals surface area contributed by atoms with E-state index in [0.717, 1.165) is 21.9 Å². The number of nitrogens with zero attached hydrogens (tertiary/aromatic N) is 1. The molecule has 2 aromatic rings. The second-order valence-corrected chi connectivity index (χ2v) is 8.87. The van der Waals surface area contributed by atoms with Gasteiger partial charge in [-0.1, -0.05) is 29.8 Å². The van der Waals surface area contributed by atoms with Crippen LogP contribution in [0.5, 0.6) is 0 Å². The molecule has 9 heteroatoms. The summed E-state index contributed by atoms with van der Waals surface area (Å²) in [5, 5.41) is 0. The number of esters is 1. The molecule has 0 atom stereocenters. The molecule has 0 aliphatic carbocycles. The summed E-state index contributed by atoms with van der Waals surface area (Å²) in [6, 6.07) is 9.90. The predicted molar refractivity (Wildman–Crippen MR) is 98.0 cm³/mol. The highest BCUT2D eigenvalue weighted by atomic mass is 35.5. The lowest BCUT2D eigenvalue weighted by atomic mass is 10.2. The van der Waals surface area contributed by atoms with Gasteiger partial charge in [-0.3, -0.25) is 13.9 Å². The molecule has 0 amide bonds. The summed E-state index contributed by atoms with van der Waals surface area (Å²) in [4.78, 5) is 24.3. The van der Waals surface area contributed by atoms with E-state index >= 15 is 0 Å². The lowest BCUT2D eigenvalue weighted by Crippen LogP contribution is -2.36.